The first-order valence-electron chi connectivity index (χ1n) is 3.93. The van der Waals surface area contributed by atoms with E-state index in [1.54, 1.807) is 0 Å². The average Bonchev–Trinajstić information content (AvgIpc) is 1.95. The van der Waals surface area contributed by atoms with Gasteiger partial charge in [0.15, 0.2) is 6.10 Å². The van der Waals surface area contributed by atoms with Crippen molar-refractivity contribution in [3.63, 3.8) is 0 Å². The largest absolute Gasteiger partial charge is 0.462 e. The second-order valence-electron chi connectivity index (χ2n) is 2.74. The van der Waals surface area contributed by atoms with Crippen molar-refractivity contribution in [2.75, 3.05) is 12.4 Å². The highest BCUT2D eigenvalue weighted by Crippen LogP contribution is 2.04. The molecule has 0 aliphatic heterocycles. The lowest BCUT2D eigenvalue weighted by Gasteiger charge is -2.14. The molecule has 1 unspecified atom stereocenters. The minimum atomic E-state index is -3.81. The summed E-state index contributed by atoms with van der Waals surface area (Å²) in [6.07, 6.45) is -1.08. The second-order valence-corrected chi connectivity index (χ2v) is 5.56. The molecule has 0 amide bonds. The third-order valence-electron chi connectivity index (χ3n) is 1.19. The van der Waals surface area contributed by atoms with Crippen LogP contribution in [0.15, 0.2) is 0 Å². The SMILES string of the molecule is CC(=O)OCC(CS(=O)(=O)Cl)OC(C)=O. The van der Waals surface area contributed by atoms with Crippen molar-refractivity contribution in [3.05, 3.63) is 0 Å². The lowest BCUT2D eigenvalue weighted by molar-refractivity contribution is -0.154. The summed E-state index contributed by atoms with van der Waals surface area (Å²) in [6, 6.07) is 0. The molecule has 0 fully saturated rings. The van der Waals surface area contributed by atoms with Gasteiger partial charge in [-0.25, -0.2) is 8.42 Å². The van der Waals surface area contributed by atoms with E-state index in [0.29, 0.717) is 0 Å². The van der Waals surface area contributed by atoms with E-state index in [-0.39, 0.29) is 6.61 Å². The molecule has 1 atom stereocenters. The van der Waals surface area contributed by atoms with Crippen LogP contribution in [-0.4, -0.2) is 38.8 Å². The third kappa shape index (κ3) is 9.48. The first-order valence-corrected chi connectivity index (χ1v) is 6.41. The fourth-order valence-electron chi connectivity index (χ4n) is 0.783. The molecule has 0 heterocycles. The monoisotopic (exact) mass is 258 g/mol. The summed E-state index contributed by atoms with van der Waals surface area (Å²) in [7, 11) is 1.15. The van der Waals surface area contributed by atoms with Gasteiger partial charge in [0.05, 0.1) is 0 Å². The van der Waals surface area contributed by atoms with Gasteiger partial charge in [-0.05, 0) is 0 Å². The molecule has 0 saturated carbocycles. The maximum atomic E-state index is 10.7. The Hall–Kier alpha value is -0.820. The zero-order valence-corrected chi connectivity index (χ0v) is 9.80. The van der Waals surface area contributed by atoms with Crippen molar-refractivity contribution >= 4 is 31.7 Å². The molecule has 6 nitrogen and oxygen atoms in total. The van der Waals surface area contributed by atoms with Crippen LogP contribution in [0.4, 0.5) is 0 Å². The van der Waals surface area contributed by atoms with E-state index in [4.69, 9.17) is 10.7 Å². The van der Waals surface area contributed by atoms with Crippen LogP contribution in [0.25, 0.3) is 0 Å². The van der Waals surface area contributed by atoms with Crippen LogP contribution in [0.5, 0.6) is 0 Å². The molecule has 8 heteroatoms. The van der Waals surface area contributed by atoms with Crippen molar-refractivity contribution in [2.24, 2.45) is 0 Å². The van der Waals surface area contributed by atoms with Gasteiger partial charge in [0.25, 0.3) is 0 Å². The van der Waals surface area contributed by atoms with Crippen LogP contribution < -0.4 is 0 Å². The summed E-state index contributed by atoms with van der Waals surface area (Å²) in [4.78, 5) is 21.0. The normalized spacial score (nSPS) is 13.0. The van der Waals surface area contributed by atoms with Gasteiger partial charge in [0.2, 0.25) is 9.05 Å². The van der Waals surface area contributed by atoms with Gasteiger partial charge in [0, 0.05) is 24.5 Å². The first-order chi connectivity index (χ1) is 6.70. The fourth-order valence-corrected chi connectivity index (χ4v) is 1.81. The van der Waals surface area contributed by atoms with Crippen LogP contribution in [0.3, 0.4) is 0 Å². The highest BCUT2D eigenvalue weighted by Gasteiger charge is 2.21. The predicted molar refractivity (Wildman–Crippen MR) is 51.8 cm³/mol. The molecule has 0 aliphatic carbocycles. The number of halogens is 1. The summed E-state index contributed by atoms with van der Waals surface area (Å²) in [5.41, 5.74) is 0. The minimum absolute atomic E-state index is 0.332. The van der Waals surface area contributed by atoms with E-state index in [0.717, 1.165) is 13.8 Å². The van der Waals surface area contributed by atoms with Crippen molar-refractivity contribution in [1.29, 1.82) is 0 Å². The quantitative estimate of drug-likeness (QED) is 0.512. The van der Waals surface area contributed by atoms with Crippen molar-refractivity contribution in [1.82, 2.24) is 0 Å². The number of hydrogen-bond donors (Lipinski definition) is 0. The smallest absolute Gasteiger partial charge is 0.303 e. The van der Waals surface area contributed by atoms with Crippen LogP contribution in [0, 0.1) is 0 Å². The lowest BCUT2D eigenvalue weighted by Crippen LogP contribution is -2.29. The molecule has 0 spiro atoms. The van der Waals surface area contributed by atoms with E-state index in [1.165, 1.54) is 0 Å². The summed E-state index contributed by atoms with van der Waals surface area (Å²) in [5, 5.41) is 0. The van der Waals surface area contributed by atoms with Crippen LogP contribution in [-0.2, 0) is 28.1 Å². The van der Waals surface area contributed by atoms with Crippen molar-refractivity contribution in [3.8, 4) is 0 Å². The van der Waals surface area contributed by atoms with Gasteiger partial charge in [-0.15, -0.1) is 0 Å². The number of rotatable bonds is 5. The average molecular weight is 259 g/mol. The third-order valence-corrected chi connectivity index (χ3v) is 2.34. The number of hydrogen-bond acceptors (Lipinski definition) is 6. The van der Waals surface area contributed by atoms with Crippen molar-refractivity contribution in [2.45, 2.75) is 20.0 Å². The molecular formula is C7H11ClO6S. The lowest BCUT2D eigenvalue weighted by atomic mass is 10.4. The maximum Gasteiger partial charge on any atom is 0.303 e. The Morgan fingerprint density at radius 3 is 2.13 bits per heavy atom. The molecule has 0 bridgehead atoms. The number of ether oxygens (including phenoxy) is 2. The zero-order valence-electron chi connectivity index (χ0n) is 8.23. The Kier molecular flexibility index (Phi) is 5.59. The molecule has 0 aliphatic rings. The Balaban J connectivity index is 4.31. The fraction of sp³-hybridized carbons (Fsp3) is 0.714. The molecule has 0 radical (unpaired) electrons. The predicted octanol–water partition coefficient (Wildman–Crippen LogP) is 0.0498. The van der Waals surface area contributed by atoms with Gasteiger partial charge in [-0.3, -0.25) is 9.59 Å². The molecule has 0 aromatic rings. The van der Waals surface area contributed by atoms with Gasteiger partial charge >= 0.3 is 11.9 Å². The highest BCUT2D eigenvalue weighted by molar-refractivity contribution is 8.13. The summed E-state index contributed by atoms with van der Waals surface area (Å²) in [5.74, 6) is -1.87. The Morgan fingerprint density at radius 2 is 1.80 bits per heavy atom. The van der Waals surface area contributed by atoms with E-state index in [2.05, 4.69) is 9.47 Å². The standard InChI is InChI=1S/C7H11ClO6S/c1-5(9)13-3-7(14-6(2)10)4-15(8,11)12/h7H,3-4H2,1-2H3. The summed E-state index contributed by atoms with van der Waals surface area (Å²) in [6.45, 7) is 1.93. The second kappa shape index (κ2) is 5.92. The van der Waals surface area contributed by atoms with Gasteiger partial charge in [-0.2, -0.15) is 0 Å². The van der Waals surface area contributed by atoms with Gasteiger partial charge in [0.1, 0.15) is 12.4 Å². The number of carbonyl (C=O) groups is 2. The van der Waals surface area contributed by atoms with E-state index in [9.17, 15) is 18.0 Å². The summed E-state index contributed by atoms with van der Waals surface area (Å²) < 4.78 is 30.5. The van der Waals surface area contributed by atoms with E-state index in [1.807, 2.05) is 0 Å². The Bertz CT molecular complexity index is 335. The number of carbonyl (C=O) groups excluding carboxylic acids is 2. The zero-order chi connectivity index (χ0) is 12.1. The minimum Gasteiger partial charge on any atom is -0.462 e. The van der Waals surface area contributed by atoms with Crippen molar-refractivity contribution < 1.29 is 27.5 Å². The molecule has 15 heavy (non-hydrogen) atoms. The van der Waals surface area contributed by atoms with Crippen LogP contribution >= 0.6 is 10.7 Å². The summed E-state index contributed by atoms with van der Waals surface area (Å²) >= 11 is 0. The van der Waals surface area contributed by atoms with Crippen LogP contribution in [0.2, 0.25) is 0 Å². The highest BCUT2D eigenvalue weighted by atomic mass is 35.7. The molecule has 88 valence electrons. The molecule has 0 aromatic carbocycles. The first kappa shape index (κ1) is 14.2. The molecular weight excluding hydrogens is 248 g/mol. The molecule has 0 rings (SSSR count). The maximum absolute atomic E-state index is 10.7. The Morgan fingerprint density at radius 1 is 1.27 bits per heavy atom. The molecule has 0 saturated heterocycles. The topological polar surface area (TPSA) is 86.7 Å². The van der Waals surface area contributed by atoms with E-state index < -0.39 is 32.8 Å². The van der Waals surface area contributed by atoms with Gasteiger partial charge in [-0.1, -0.05) is 0 Å². The molecule has 0 aromatic heterocycles. The number of esters is 2. The molecule has 0 N–H and O–H groups in total. The van der Waals surface area contributed by atoms with Gasteiger partial charge < -0.3 is 9.47 Å². The Labute approximate surface area is 91.9 Å². The van der Waals surface area contributed by atoms with E-state index >= 15 is 0 Å². The van der Waals surface area contributed by atoms with Crippen LogP contribution in [0.1, 0.15) is 13.8 Å².